The number of rotatable bonds is 8. The van der Waals surface area contributed by atoms with Crippen LogP contribution in [0, 0.1) is 5.92 Å². The molecule has 9 heteroatoms. The fourth-order valence-corrected chi connectivity index (χ4v) is 5.33. The van der Waals surface area contributed by atoms with E-state index in [-0.39, 0.29) is 11.1 Å². The second kappa shape index (κ2) is 11.5. The predicted octanol–water partition coefficient (Wildman–Crippen LogP) is 4.62. The van der Waals surface area contributed by atoms with Crippen molar-refractivity contribution in [3.8, 4) is 11.1 Å². The minimum absolute atomic E-state index is 0.321. The van der Waals surface area contributed by atoms with E-state index in [2.05, 4.69) is 61.2 Å². The summed E-state index contributed by atoms with van der Waals surface area (Å²) >= 11 is 0.887. The van der Waals surface area contributed by atoms with Gasteiger partial charge in [-0.3, -0.25) is 19.9 Å². The van der Waals surface area contributed by atoms with Crippen LogP contribution in [0.3, 0.4) is 0 Å². The minimum atomic E-state index is -0.384. The Morgan fingerprint density at radius 3 is 2.67 bits per heavy atom. The van der Waals surface area contributed by atoms with Gasteiger partial charge in [0, 0.05) is 36.7 Å². The largest absolute Gasteiger partial charge is 0.351 e. The third kappa shape index (κ3) is 6.16. The number of benzene rings is 1. The first-order valence-corrected chi connectivity index (χ1v) is 13.0. The van der Waals surface area contributed by atoms with Crippen LogP contribution in [0.5, 0.6) is 0 Å². The molecule has 1 aliphatic carbocycles. The number of hydrogen-bond acceptors (Lipinski definition) is 8. The van der Waals surface area contributed by atoms with E-state index in [1.54, 1.807) is 24.5 Å². The maximum Gasteiger partial charge on any atom is 0.290 e. The SMILES string of the molecule is O=C1NC(=O)C(=Cc2ccnc(NC3CCC(CNCc4ccccc4-c4cccnc4)CC3)n2)S1. The van der Waals surface area contributed by atoms with Gasteiger partial charge in [-0.05, 0) is 79.2 Å². The number of imide groups is 1. The first-order valence-electron chi connectivity index (χ1n) is 12.2. The topological polar surface area (TPSA) is 109 Å². The van der Waals surface area contributed by atoms with E-state index in [1.165, 1.54) is 11.1 Å². The van der Waals surface area contributed by atoms with Gasteiger partial charge in [0.1, 0.15) is 0 Å². The number of aromatic nitrogens is 3. The molecule has 0 atom stereocenters. The molecule has 1 saturated carbocycles. The van der Waals surface area contributed by atoms with Crippen molar-refractivity contribution in [1.82, 2.24) is 25.6 Å². The van der Waals surface area contributed by atoms with Gasteiger partial charge in [0.15, 0.2) is 0 Å². The zero-order valence-electron chi connectivity index (χ0n) is 19.8. The van der Waals surface area contributed by atoms with Crippen molar-refractivity contribution in [2.45, 2.75) is 38.3 Å². The maximum atomic E-state index is 11.8. The van der Waals surface area contributed by atoms with E-state index in [0.717, 1.165) is 56.1 Å². The monoisotopic (exact) mass is 500 g/mol. The van der Waals surface area contributed by atoms with E-state index in [1.807, 2.05) is 12.3 Å². The summed E-state index contributed by atoms with van der Waals surface area (Å²) in [4.78, 5) is 36.6. The molecule has 1 saturated heterocycles. The van der Waals surface area contributed by atoms with Gasteiger partial charge in [-0.25, -0.2) is 9.97 Å². The number of nitrogens with zero attached hydrogens (tertiary/aromatic N) is 3. The van der Waals surface area contributed by atoms with Crippen molar-refractivity contribution < 1.29 is 9.59 Å². The summed E-state index contributed by atoms with van der Waals surface area (Å²) < 4.78 is 0. The van der Waals surface area contributed by atoms with Crippen molar-refractivity contribution in [1.29, 1.82) is 0 Å². The molecule has 1 aromatic carbocycles. The normalized spacial score (nSPS) is 20.9. The highest BCUT2D eigenvalue weighted by Gasteiger charge is 2.25. The standard InChI is InChI=1S/C27H28N6O2S/c34-25-24(36-27(35)33-25)14-22-11-13-30-26(32-22)31-21-9-7-18(8-10-21)15-29-17-19-4-1-2-6-23(19)20-5-3-12-28-16-20/h1-6,11-14,16,18,21,29H,7-10,15,17H2,(H,30,31,32)(H,33,34,35). The number of nitrogens with one attached hydrogen (secondary N) is 3. The van der Waals surface area contributed by atoms with E-state index < -0.39 is 0 Å². The number of hydrogen-bond donors (Lipinski definition) is 3. The van der Waals surface area contributed by atoms with Crippen LogP contribution in [0.1, 0.15) is 36.9 Å². The molecule has 3 heterocycles. The maximum absolute atomic E-state index is 11.8. The van der Waals surface area contributed by atoms with Crippen molar-refractivity contribution in [2.75, 3.05) is 11.9 Å². The van der Waals surface area contributed by atoms with Crippen LogP contribution in [-0.2, 0) is 11.3 Å². The highest BCUT2D eigenvalue weighted by molar-refractivity contribution is 8.18. The van der Waals surface area contributed by atoms with Crippen molar-refractivity contribution >= 4 is 34.9 Å². The Morgan fingerprint density at radius 1 is 1.03 bits per heavy atom. The van der Waals surface area contributed by atoms with Gasteiger partial charge in [0.2, 0.25) is 5.95 Å². The second-order valence-corrected chi connectivity index (χ2v) is 10.1. The predicted molar refractivity (Wildman–Crippen MR) is 142 cm³/mol. The molecule has 1 aliphatic heterocycles. The number of carbonyl (C=O) groups excluding carboxylic acids is 2. The average Bonchev–Trinajstić information content (AvgIpc) is 3.22. The quantitative estimate of drug-likeness (QED) is 0.385. The minimum Gasteiger partial charge on any atom is -0.351 e. The second-order valence-electron chi connectivity index (χ2n) is 9.05. The summed E-state index contributed by atoms with van der Waals surface area (Å²) in [5, 5.41) is 9.00. The first kappa shape index (κ1) is 24.1. The van der Waals surface area contributed by atoms with Gasteiger partial charge in [-0.1, -0.05) is 30.3 Å². The van der Waals surface area contributed by atoms with Gasteiger partial charge < -0.3 is 10.6 Å². The Balaban J connectivity index is 1.09. The Bertz CT molecular complexity index is 1260. The van der Waals surface area contributed by atoms with Gasteiger partial charge in [0.05, 0.1) is 10.6 Å². The molecular weight excluding hydrogens is 472 g/mol. The highest BCUT2D eigenvalue weighted by atomic mass is 32.2. The molecule has 5 rings (SSSR count). The van der Waals surface area contributed by atoms with Crippen LogP contribution in [0.4, 0.5) is 10.7 Å². The molecule has 8 nitrogen and oxygen atoms in total. The number of anilines is 1. The number of pyridine rings is 1. The Kier molecular flexibility index (Phi) is 7.68. The lowest BCUT2D eigenvalue weighted by atomic mass is 9.86. The first-order chi connectivity index (χ1) is 17.6. The van der Waals surface area contributed by atoms with Crippen LogP contribution in [0.2, 0.25) is 0 Å². The lowest BCUT2D eigenvalue weighted by molar-refractivity contribution is -0.115. The molecule has 2 amide bonds. The summed E-state index contributed by atoms with van der Waals surface area (Å²) in [6.45, 7) is 1.83. The summed E-state index contributed by atoms with van der Waals surface area (Å²) in [7, 11) is 0. The summed E-state index contributed by atoms with van der Waals surface area (Å²) in [6, 6.07) is 14.6. The number of thioether (sulfide) groups is 1. The number of carbonyl (C=O) groups is 2. The fraction of sp³-hybridized carbons (Fsp3) is 0.296. The zero-order valence-corrected chi connectivity index (χ0v) is 20.6. The van der Waals surface area contributed by atoms with Crippen LogP contribution in [-0.4, -0.2) is 38.7 Å². The molecule has 0 bridgehead atoms. The molecule has 0 unspecified atom stereocenters. The molecule has 2 aliphatic rings. The summed E-state index contributed by atoms with van der Waals surface area (Å²) in [5.41, 5.74) is 4.25. The smallest absolute Gasteiger partial charge is 0.290 e. The van der Waals surface area contributed by atoms with Gasteiger partial charge in [-0.15, -0.1) is 0 Å². The zero-order chi connectivity index (χ0) is 24.7. The van der Waals surface area contributed by atoms with E-state index in [4.69, 9.17) is 0 Å². The van der Waals surface area contributed by atoms with E-state index in [0.29, 0.717) is 28.5 Å². The molecule has 36 heavy (non-hydrogen) atoms. The molecule has 3 N–H and O–H groups in total. The van der Waals surface area contributed by atoms with Crippen molar-refractivity contribution in [3.63, 3.8) is 0 Å². The van der Waals surface area contributed by atoms with Crippen LogP contribution >= 0.6 is 11.8 Å². The van der Waals surface area contributed by atoms with Crippen LogP contribution in [0.25, 0.3) is 17.2 Å². The van der Waals surface area contributed by atoms with E-state index >= 15 is 0 Å². The van der Waals surface area contributed by atoms with Gasteiger partial charge in [-0.2, -0.15) is 0 Å². The Morgan fingerprint density at radius 2 is 1.89 bits per heavy atom. The molecule has 184 valence electrons. The average molecular weight is 501 g/mol. The van der Waals surface area contributed by atoms with Gasteiger partial charge >= 0.3 is 0 Å². The molecule has 2 aromatic heterocycles. The molecule has 3 aromatic rings. The van der Waals surface area contributed by atoms with Crippen LogP contribution in [0.15, 0.2) is 66.0 Å². The fourth-order valence-electron chi connectivity index (χ4n) is 4.66. The molecule has 0 spiro atoms. The lowest BCUT2D eigenvalue weighted by Crippen LogP contribution is -2.31. The van der Waals surface area contributed by atoms with E-state index in [9.17, 15) is 9.59 Å². The van der Waals surface area contributed by atoms with Crippen molar-refractivity contribution in [2.24, 2.45) is 5.92 Å². The Hall–Kier alpha value is -3.56. The van der Waals surface area contributed by atoms with Crippen molar-refractivity contribution in [3.05, 3.63) is 77.2 Å². The van der Waals surface area contributed by atoms with Gasteiger partial charge in [0.25, 0.3) is 11.1 Å². The van der Waals surface area contributed by atoms with Crippen LogP contribution < -0.4 is 16.0 Å². The Labute approximate surface area is 214 Å². The summed E-state index contributed by atoms with van der Waals surface area (Å²) in [6.07, 6.45) is 11.4. The molecule has 0 radical (unpaired) electrons. The molecule has 2 fully saturated rings. The lowest BCUT2D eigenvalue weighted by Gasteiger charge is -2.29. The summed E-state index contributed by atoms with van der Waals surface area (Å²) in [5.74, 6) is 0.805. The number of amides is 2. The third-order valence-electron chi connectivity index (χ3n) is 6.52. The molecular formula is C27H28N6O2S. The highest BCUT2D eigenvalue weighted by Crippen LogP contribution is 2.28. The third-order valence-corrected chi connectivity index (χ3v) is 7.33.